The van der Waals surface area contributed by atoms with E-state index in [1.807, 2.05) is 39.8 Å². The third kappa shape index (κ3) is 3.75. The summed E-state index contributed by atoms with van der Waals surface area (Å²) in [6.07, 6.45) is 3.79. The predicted octanol–water partition coefficient (Wildman–Crippen LogP) is 4.67. The Bertz CT molecular complexity index is 595. The van der Waals surface area contributed by atoms with Gasteiger partial charge in [-0.05, 0) is 51.2 Å². The molecule has 1 aliphatic carbocycles. The first-order chi connectivity index (χ1) is 11.3. The van der Waals surface area contributed by atoms with Gasteiger partial charge in [-0.3, -0.25) is 9.59 Å². The molecular weight excluding hydrogens is 323 g/mol. The minimum absolute atomic E-state index is 0.0502. The van der Waals surface area contributed by atoms with Crippen LogP contribution in [0.2, 0.25) is 0 Å². The Kier molecular flexibility index (Phi) is 7.28. The molecule has 2 unspecified atom stereocenters. The fraction of sp³-hybridized carbons (Fsp3) is 0.579. The van der Waals surface area contributed by atoms with E-state index in [2.05, 4.69) is 0 Å². The van der Waals surface area contributed by atoms with Gasteiger partial charge in [0.2, 0.25) is 0 Å². The minimum Gasteiger partial charge on any atom is -0.481 e. The van der Waals surface area contributed by atoms with Crippen molar-refractivity contribution in [3.8, 4) is 0 Å². The summed E-state index contributed by atoms with van der Waals surface area (Å²) in [5.74, 6) is -1.36. The molecule has 0 aliphatic heterocycles. The number of aryl methyl sites for hydroxylation is 3. The molecule has 0 amide bonds. The lowest BCUT2D eigenvalue weighted by Crippen LogP contribution is -2.41. The Morgan fingerprint density at radius 2 is 1.58 bits per heavy atom. The number of hydrogen-bond donors (Lipinski definition) is 1. The maximum atomic E-state index is 13.4. The van der Waals surface area contributed by atoms with Gasteiger partial charge in [0.15, 0.2) is 5.78 Å². The van der Waals surface area contributed by atoms with Crippen molar-refractivity contribution in [2.45, 2.75) is 59.8 Å². The predicted molar refractivity (Wildman–Crippen MR) is 97.7 cm³/mol. The number of carbonyl (C=O) groups is 2. The highest BCUT2D eigenvalue weighted by atomic mass is 31.0. The van der Waals surface area contributed by atoms with Crippen molar-refractivity contribution in [1.82, 2.24) is 0 Å². The van der Waals surface area contributed by atoms with Crippen molar-refractivity contribution in [3.05, 3.63) is 34.4 Å². The molecule has 1 aromatic rings. The molecule has 2 atom stereocenters. The second-order valence-electron chi connectivity index (χ2n) is 6.77. The van der Waals surface area contributed by atoms with E-state index in [1.54, 1.807) is 0 Å². The van der Waals surface area contributed by atoms with Gasteiger partial charge in [-0.2, -0.15) is 0 Å². The first-order valence-electron chi connectivity index (χ1n) is 8.42. The van der Waals surface area contributed by atoms with Crippen LogP contribution in [0.3, 0.4) is 0 Å². The maximum Gasteiger partial charge on any atom is 0.310 e. The normalized spacial score (nSPS) is 16.8. The summed E-state index contributed by atoms with van der Waals surface area (Å²) < 4.78 is 8.17. The van der Waals surface area contributed by atoms with E-state index < -0.39 is 17.3 Å². The summed E-state index contributed by atoms with van der Waals surface area (Å²) in [6, 6.07) is 4.04. The summed E-state index contributed by atoms with van der Waals surface area (Å²) >= 11 is 0. The lowest BCUT2D eigenvalue weighted by Gasteiger charge is -2.34. The first-order valence-corrected chi connectivity index (χ1v) is 8.89. The molecule has 0 spiro atoms. The van der Waals surface area contributed by atoms with Gasteiger partial charge in [0.1, 0.15) is 0 Å². The fourth-order valence-corrected chi connectivity index (χ4v) is 4.33. The zero-order valence-electron chi connectivity index (χ0n) is 15.0. The highest BCUT2D eigenvalue weighted by molar-refractivity contribution is 7.00. The monoisotopic (exact) mass is 351 g/mol. The topological polar surface area (TPSA) is 71.4 Å². The second-order valence-corrected chi connectivity index (χ2v) is 6.77. The van der Waals surface area contributed by atoms with Crippen LogP contribution >= 0.6 is 9.12 Å². The van der Waals surface area contributed by atoms with Gasteiger partial charge in [0.05, 0.1) is 5.92 Å². The number of carboxylic acid groups (broad SMARTS) is 1. The zero-order valence-corrected chi connectivity index (χ0v) is 16.2. The Hall–Kier alpha value is -1.54. The highest BCUT2D eigenvalue weighted by Gasteiger charge is 2.50. The van der Waals surface area contributed by atoms with Crippen molar-refractivity contribution in [2.75, 3.05) is 0 Å². The number of benzene rings is 1. The van der Waals surface area contributed by atoms with Gasteiger partial charge in [-0.1, -0.05) is 42.0 Å². The number of ketones is 1. The highest BCUT2D eigenvalue weighted by Crippen LogP contribution is 2.48. The molecule has 132 valence electrons. The van der Waals surface area contributed by atoms with Gasteiger partial charge in [0.25, 0.3) is 0 Å². The van der Waals surface area contributed by atoms with Crippen LogP contribution in [0.4, 0.5) is 0 Å². The van der Waals surface area contributed by atoms with Crippen LogP contribution in [0.25, 0.3) is 0 Å². The minimum atomic E-state index is -0.833. The fourth-order valence-electron chi connectivity index (χ4n) is 4.33. The quantitative estimate of drug-likeness (QED) is 0.618. The summed E-state index contributed by atoms with van der Waals surface area (Å²) in [5.41, 5.74) is 3.10. The SMILES string of the molecule is CCC(C(=O)O)C1(C(=O)c2c(C)cc(C)cc2C)CCCC1.O=[PH2+]. The first kappa shape index (κ1) is 20.5. The van der Waals surface area contributed by atoms with E-state index in [1.165, 1.54) is 9.12 Å². The lowest BCUT2D eigenvalue weighted by atomic mass is 9.67. The second kappa shape index (κ2) is 8.53. The molecule has 1 saturated carbocycles. The van der Waals surface area contributed by atoms with Crippen LogP contribution in [0.15, 0.2) is 12.1 Å². The molecule has 1 fully saturated rings. The Morgan fingerprint density at radius 3 is 1.96 bits per heavy atom. The molecule has 5 heteroatoms. The van der Waals surface area contributed by atoms with Gasteiger partial charge in [0, 0.05) is 11.0 Å². The van der Waals surface area contributed by atoms with Gasteiger partial charge in [-0.15, -0.1) is 0 Å². The molecule has 0 saturated heterocycles. The number of rotatable bonds is 5. The van der Waals surface area contributed by atoms with E-state index in [4.69, 9.17) is 4.57 Å². The van der Waals surface area contributed by atoms with Crippen LogP contribution in [0, 0.1) is 32.1 Å². The van der Waals surface area contributed by atoms with Crippen LogP contribution in [-0.4, -0.2) is 16.9 Å². The number of carboxylic acids is 1. The molecule has 1 aliphatic rings. The summed E-state index contributed by atoms with van der Waals surface area (Å²) in [4.78, 5) is 25.1. The van der Waals surface area contributed by atoms with Crippen LogP contribution in [-0.2, 0) is 9.36 Å². The number of carbonyl (C=O) groups excluding carboxylic acids is 1. The Labute approximate surface area is 146 Å². The van der Waals surface area contributed by atoms with Crippen LogP contribution in [0.5, 0.6) is 0 Å². The zero-order chi connectivity index (χ0) is 18.5. The molecule has 1 aromatic carbocycles. The lowest BCUT2D eigenvalue weighted by molar-refractivity contribution is -0.145. The molecule has 24 heavy (non-hydrogen) atoms. The molecule has 1 N–H and O–H groups in total. The van der Waals surface area contributed by atoms with E-state index >= 15 is 0 Å². The van der Waals surface area contributed by atoms with Crippen molar-refractivity contribution >= 4 is 20.9 Å². The molecule has 0 bridgehead atoms. The van der Waals surface area contributed by atoms with E-state index in [9.17, 15) is 14.7 Å². The average molecular weight is 351 g/mol. The standard InChI is InChI=1S/C19H26O3.H2OP/c1-5-15(18(21)22)19(8-6-7-9-19)17(20)16-13(3)10-12(2)11-14(16)4;1-2/h10-11,15H,5-9H2,1-4H3,(H,21,22);2H2/q;+1. The molecule has 0 radical (unpaired) electrons. The van der Waals surface area contributed by atoms with Crippen molar-refractivity contribution in [1.29, 1.82) is 0 Å². The summed E-state index contributed by atoms with van der Waals surface area (Å²) in [5, 5.41) is 9.63. The van der Waals surface area contributed by atoms with E-state index in [-0.39, 0.29) is 5.78 Å². The molecule has 2 rings (SSSR count). The molecule has 0 aromatic heterocycles. The Morgan fingerprint density at radius 1 is 1.12 bits per heavy atom. The van der Waals surface area contributed by atoms with Gasteiger partial charge < -0.3 is 5.11 Å². The summed E-state index contributed by atoms with van der Waals surface area (Å²) in [6.45, 7) is 7.81. The van der Waals surface area contributed by atoms with Gasteiger partial charge >= 0.3 is 15.1 Å². The smallest absolute Gasteiger partial charge is 0.310 e. The van der Waals surface area contributed by atoms with E-state index in [0.29, 0.717) is 19.3 Å². The number of aliphatic carboxylic acids is 1. The third-order valence-corrected chi connectivity index (χ3v) is 5.23. The molecule has 0 heterocycles. The van der Waals surface area contributed by atoms with Crippen molar-refractivity contribution < 1.29 is 19.3 Å². The van der Waals surface area contributed by atoms with Gasteiger partial charge in [-0.25, -0.2) is 0 Å². The van der Waals surface area contributed by atoms with E-state index in [0.717, 1.165) is 35.1 Å². The third-order valence-electron chi connectivity index (χ3n) is 5.23. The summed E-state index contributed by atoms with van der Waals surface area (Å²) in [7, 11) is 1.17. The van der Waals surface area contributed by atoms with Crippen LogP contribution < -0.4 is 0 Å². The maximum absolute atomic E-state index is 13.4. The van der Waals surface area contributed by atoms with Crippen molar-refractivity contribution in [3.63, 3.8) is 0 Å². The van der Waals surface area contributed by atoms with Crippen LogP contribution in [0.1, 0.15) is 66.1 Å². The average Bonchev–Trinajstić information content (AvgIpc) is 2.99. The Balaban J connectivity index is 0.00000139. The van der Waals surface area contributed by atoms with Crippen molar-refractivity contribution in [2.24, 2.45) is 11.3 Å². The number of Topliss-reactive ketones (excluding diaryl/α,β-unsaturated/α-hetero) is 1. The molecule has 4 nitrogen and oxygen atoms in total. The largest absolute Gasteiger partial charge is 0.481 e. The number of hydrogen-bond acceptors (Lipinski definition) is 3. The molecular formula is C19H28O4P+.